The molecular weight excluding hydrogens is 200 g/mol. The Labute approximate surface area is 90.9 Å². The number of ether oxygens (including phenoxy) is 2. The third kappa shape index (κ3) is 1.93. The molecule has 2 fully saturated rings. The van der Waals surface area contributed by atoms with E-state index in [1.54, 1.807) is 0 Å². The molecule has 0 aromatic heterocycles. The van der Waals surface area contributed by atoms with Gasteiger partial charge in [0.05, 0.1) is 12.2 Å². The van der Waals surface area contributed by atoms with Crippen LogP contribution in [0.25, 0.3) is 0 Å². The first-order valence-electron chi connectivity index (χ1n) is 5.56. The molecule has 14 heavy (non-hydrogen) atoms. The van der Waals surface area contributed by atoms with Crippen molar-refractivity contribution in [3.63, 3.8) is 0 Å². The molecular formula is C11H19ClO2. The average Bonchev–Trinajstić information content (AvgIpc) is 2.79. The van der Waals surface area contributed by atoms with Gasteiger partial charge < -0.3 is 9.47 Å². The van der Waals surface area contributed by atoms with Crippen LogP contribution in [-0.2, 0) is 9.47 Å². The maximum atomic E-state index is 6.10. The zero-order valence-corrected chi connectivity index (χ0v) is 9.55. The van der Waals surface area contributed by atoms with Gasteiger partial charge in [-0.1, -0.05) is 0 Å². The second-order valence-electron chi connectivity index (χ2n) is 4.60. The largest absolute Gasteiger partial charge is 0.378 e. The second-order valence-corrected chi connectivity index (χ2v) is 4.87. The van der Waals surface area contributed by atoms with E-state index in [4.69, 9.17) is 21.1 Å². The van der Waals surface area contributed by atoms with Crippen molar-refractivity contribution < 1.29 is 9.47 Å². The second kappa shape index (κ2) is 4.38. The van der Waals surface area contributed by atoms with Crippen LogP contribution in [0, 0.1) is 5.41 Å². The standard InChI is InChI=1S/C11H19ClO2/c1-9-11(8-12,4-6-13-9)7-10-3-2-5-14-10/h9-10H,2-8H2,1H3. The molecule has 2 rings (SSSR count). The van der Waals surface area contributed by atoms with Gasteiger partial charge in [-0.25, -0.2) is 0 Å². The molecule has 0 aliphatic carbocycles. The fraction of sp³-hybridized carbons (Fsp3) is 1.00. The number of hydrogen-bond acceptors (Lipinski definition) is 2. The van der Waals surface area contributed by atoms with E-state index in [9.17, 15) is 0 Å². The predicted octanol–water partition coefficient (Wildman–Crippen LogP) is 2.59. The highest BCUT2D eigenvalue weighted by Gasteiger charge is 2.43. The number of hydrogen-bond donors (Lipinski definition) is 0. The third-order valence-electron chi connectivity index (χ3n) is 3.75. The van der Waals surface area contributed by atoms with Crippen LogP contribution in [0.1, 0.15) is 32.6 Å². The highest BCUT2D eigenvalue weighted by molar-refractivity contribution is 6.18. The minimum Gasteiger partial charge on any atom is -0.378 e. The Bertz CT molecular complexity index is 192. The number of rotatable bonds is 3. The van der Waals surface area contributed by atoms with E-state index in [0.717, 1.165) is 26.1 Å². The van der Waals surface area contributed by atoms with Crippen LogP contribution >= 0.6 is 11.6 Å². The Morgan fingerprint density at radius 3 is 2.71 bits per heavy atom. The van der Waals surface area contributed by atoms with Gasteiger partial charge in [0.25, 0.3) is 0 Å². The highest BCUT2D eigenvalue weighted by atomic mass is 35.5. The Morgan fingerprint density at radius 1 is 1.36 bits per heavy atom. The molecule has 0 amide bonds. The molecule has 0 aromatic rings. The molecule has 0 saturated carbocycles. The van der Waals surface area contributed by atoms with Gasteiger partial charge in [0.15, 0.2) is 0 Å². The quantitative estimate of drug-likeness (QED) is 0.678. The van der Waals surface area contributed by atoms with Crippen LogP contribution in [0.5, 0.6) is 0 Å². The summed E-state index contributed by atoms with van der Waals surface area (Å²) in [6.07, 6.45) is 5.31. The minimum absolute atomic E-state index is 0.177. The molecule has 0 spiro atoms. The molecule has 2 aliphatic heterocycles. The third-order valence-corrected chi connectivity index (χ3v) is 4.29. The maximum absolute atomic E-state index is 6.10. The Hall–Kier alpha value is 0.210. The van der Waals surface area contributed by atoms with Gasteiger partial charge in [-0.3, -0.25) is 0 Å². The average molecular weight is 219 g/mol. The lowest BCUT2D eigenvalue weighted by molar-refractivity contribution is 0.0250. The van der Waals surface area contributed by atoms with E-state index < -0.39 is 0 Å². The van der Waals surface area contributed by atoms with Crippen LogP contribution < -0.4 is 0 Å². The molecule has 0 radical (unpaired) electrons. The molecule has 2 saturated heterocycles. The fourth-order valence-electron chi connectivity index (χ4n) is 2.58. The zero-order chi connectivity index (χ0) is 10.0. The molecule has 3 heteroatoms. The molecule has 0 bridgehead atoms. The summed E-state index contributed by atoms with van der Waals surface area (Å²) in [6.45, 7) is 3.93. The molecule has 0 aromatic carbocycles. The lowest BCUT2D eigenvalue weighted by atomic mass is 9.78. The summed E-state index contributed by atoms with van der Waals surface area (Å²) in [7, 11) is 0. The van der Waals surface area contributed by atoms with E-state index >= 15 is 0 Å². The maximum Gasteiger partial charge on any atom is 0.0616 e. The van der Waals surface area contributed by atoms with Gasteiger partial charge in [-0.05, 0) is 32.6 Å². The topological polar surface area (TPSA) is 18.5 Å². The van der Waals surface area contributed by atoms with Crippen LogP contribution in [0.15, 0.2) is 0 Å². The first kappa shape index (κ1) is 10.7. The van der Waals surface area contributed by atoms with Crippen molar-refractivity contribution in [2.45, 2.75) is 44.8 Å². The minimum atomic E-state index is 0.177. The van der Waals surface area contributed by atoms with E-state index in [0.29, 0.717) is 18.1 Å². The normalized spacial score (nSPS) is 43.3. The molecule has 0 N–H and O–H groups in total. The fourth-order valence-corrected chi connectivity index (χ4v) is 3.04. The Balaban J connectivity index is 1.97. The Morgan fingerprint density at radius 2 is 2.21 bits per heavy atom. The first-order chi connectivity index (χ1) is 6.77. The van der Waals surface area contributed by atoms with Gasteiger partial charge in [0, 0.05) is 24.5 Å². The smallest absolute Gasteiger partial charge is 0.0616 e. The van der Waals surface area contributed by atoms with Crippen LogP contribution in [0.2, 0.25) is 0 Å². The molecule has 3 atom stereocenters. The van der Waals surface area contributed by atoms with Crippen LogP contribution in [-0.4, -0.2) is 31.3 Å². The van der Waals surface area contributed by atoms with Gasteiger partial charge in [0.1, 0.15) is 0 Å². The zero-order valence-electron chi connectivity index (χ0n) is 8.80. The summed E-state index contributed by atoms with van der Waals surface area (Å²) < 4.78 is 11.3. The van der Waals surface area contributed by atoms with Crippen molar-refractivity contribution in [3.8, 4) is 0 Å². The van der Waals surface area contributed by atoms with Crippen molar-refractivity contribution in [3.05, 3.63) is 0 Å². The summed E-state index contributed by atoms with van der Waals surface area (Å²) in [5, 5.41) is 0. The van der Waals surface area contributed by atoms with E-state index in [2.05, 4.69) is 6.92 Å². The van der Waals surface area contributed by atoms with E-state index in [1.807, 2.05) is 0 Å². The molecule has 82 valence electrons. The van der Waals surface area contributed by atoms with Crippen LogP contribution in [0.3, 0.4) is 0 Å². The van der Waals surface area contributed by atoms with Crippen molar-refractivity contribution in [2.24, 2.45) is 5.41 Å². The lowest BCUT2D eigenvalue weighted by Gasteiger charge is -2.32. The van der Waals surface area contributed by atoms with Gasteiger partial charge in [0.2, 0.25) is 0 Å². The lowest BCUT2D eigenvalue weighted by Crippen LogP contribution is -2.34. The summed E-state index contributed by atoms with van der Waals surface area (Å²) in [6, 6.07) is 0. The Kier molecular flexibility index (Phi) is 3.35. The van der Waals surface area contributed by atoms with Gasteiger partial charge in [-0.2, -0.15) is 0 Å². The van der Waals surface area contributed by atoms with Crippen LogP contribution in [0.4, 0.5) is 0 Å². The summed E-state index contributed by atoms with van der Waals surface area (Å²) in [5.41, 5.74) is 0.177. The van der Waals surface area contributed by atoms with Crippen molar-refractivity contribution in [1.29, 1.82) is 0 Å². The monoisotopic (exact) mass is 218 g/mol. The molecule has 2 nitrogen and oxygen atoms in total. The molecule has 3 unspecified atom stereocenters. The van der Waals surface area contributed by atoms with Crippen molar-refractivity contribution in [1.82, 2.24) is 0 Å². The number of alkyl halides is 1. The SMILES string of the molecule is CC1OCCC1(CCl)CC1CCCO1. The summed E-state index contributed by atoms with van der Waals surface area (Å²) >= 11 is 6.10. The molecule has 2 heterocycles. The van der Waals surface area contributed by atoms with Crippen molar-refractivity contribution >= 4 is 11.6 Å². The van der Waals surface area contributed by atoms with Gasteiger partial charge >= 0.3 is 0 Å². The van der Waals surface area contributed by atoms with E-state index in [-0.39, 0.29) is 5.41 Å². The van der Waals surface area contributed by atoms with Crippen molar-refractivity contribution in [2.75, 3.05) is 19.1 Å². The molecule has 2 aliphatic rings. The predicted molar refractivity (Wildman–Crippen MR) is 56.8 cm³/mol. The summed E-state index contributed by atoms with van der Waals surface area (Å²) in [5.74, 6) is 0.702. The van der Waals surface area contributed by atoms with Gasteiger partial charge in [-0.15, -0.1) is 11.6 Å². The van der Waals surface area contributed by atoms with E-state index in [1.165, 1.54) is 12.8 Å². The summed E-state index contributed by atoms with van der Waals surface area (Å²) in [4.78, 5) is 0. The first-order valence-corrected chi connectivity index (χ1v) is 6.09. The highest BCUT2D eigenvalue weighted by Crippen LogP contribution is 2.42. The number of halogens is 1.